The number of aromatic nitrogens is 2. The number of halogens is 1. The number of hydrogen-bond acceptors (Lipinski definition) is 1. The van der Waals surface area contributed by atoms with E-state index in [1.165, 1.54) is 22.3 Å². The van der Waals surface area contributed by atoms with Gasteiger partial charge in [0.15, 0.2) is 0 Å². The van der Waals surface area contributed by atoms with E-state index in [4.69, 9.17) is 11.6 Å². The van der Waals surface area contributed by atoms with Gasteiger partial charge in [-0.1, -0.05) is 41.9 Å². The molecule has 1 N–H and O–H groups in total. The van der Waals surface area contributed by atoms with Crippen molar-refractivity contribution in [3.63, 3.8) is 0 Å². The number of imidazole rings is 1. The molecule has 0 amide bonds. The summed E-state index contributed by atoms with van der Waals surface area (Å²) >= 11 is 6.18. The zero-order chi connectivity index (χ0) is 16.4. The number of aryl methyl sites for hydroxylation is 1. The van der Waals surface area contributed by atoms with Gasteiger partial charge >= 0.3 is 0 Å². The first-order valence-corrected chi connectivity index (χ1v) is 8.19. The van der Waals surface area contributed by atoms with Crippen LogP contribution in [0.25, 0.3) is 0 Å². The Balaban J connectivity index is 2.14. The van der Waals surface area contributed by atoms with E-state index in [1.807, 2.05) is 30.6 Å². The minimum atomic E-state index is -0.232. The molecule has 0 unspecified atom stereocenters. The van der Waals surface area contributed by atoms with E-state index in [0.717, 1.165) is 17.3 Å². The minimum Gasteiger partial charge on any atom is -0.348 e. The molecule has 0 aliphatic rings. The SMILES string of the molecule is Cc1cccc([C@](C)(Cc2cccc(Cl)c2)c2ncc[nH]2)c1C. The fourth-order valence-corrected chi connectivity index (χ4v) is 3.49. The predicted molar refractivity (Wildman–Crippen MR) is 96.1 cm³/mol. The van der Waals surface area contributed by atoms with Gasteiger partial charge in [-0.05, 0) is 61.6 Å². The van der Waals surface area contributed by atoms with Crippen LogP contribution in [0.2, 0.25) is 5.02 Å². The molecule has 0 aliphatic carbocycles. The highest BCUT2D eigenvalue weighted by Crippen LogP contribution is 2.36. The number of hydrogen-bond donors (Lipinski definition) is 1. The Morgan fingerprint density at radius 2 is 1.91 bits per heavy atom. The lowest BCUT2D eigenvalue weighted by Crippen LogP contribution is -2.29. The summed E-state index contributed by atoms with van der Waals surface area (Å²) < 4.78 is 0. The van der Waals surface area contributed by atoms with Crippen LogP contribution < -0.4 is 0 Å². The molecule has 3 rings (SSSR count). The summed E-state index contributed by atoms with van der Waals surface area (Å²) in [5.41, 5.74) is 4.88. The third kappa shape index (κ3) is 3.04. The second-order valence-corrected chi connectivity index (χ2v) is 6.76. The number of rotatable bonds is 4. The molecule has 1 heterocycles. The summed E-state index contributed by atoms with van der Waals surface area (Å²) in [6.07, 6.45) is 4.54. The number of nitrogens with zero attached hydrogens (tertiary/aromatic N) is 1. The van der Waals surface area contributed by atoms with E-state index < -0.39 is 0 Å². The van der Waals surface area contributed by atoms with Crippen molar-refractivity contribution < 1.29 is 0 Å². The van der Waals surface area contributed by atoms with Gasteiger partial charge < -0.3 is 4.98 Å². The van der Waals surface area contributed by atoms with Crippen molar-refractivity contribution >= 4 is 11.6 Å². The van der Waals surface area contributed by atoms with Crippen molar-refractivity contribution in [2.75, 3.05) is 0 Å². The highest BCUT2D eigenvalue weighted by molar-refractivity contribution is 6.30. The molecule has 23 heavy (non-hydrogen) atoms. The number of nitrogens with one attached hydrogen (secondary N) is 1. The molecule has 0 fully saturated rings. The molecule has 118 valence electrons. The molecule has 2 aromatic carbocycles. The molecule has 1 aromatic heterocycles. The molecular formula is C20H21ClN2. The van der Waals surface area contributed by atoms with Gasteiger partial charge in [0.2, 0.25) is 0 Å². The van der Waals surface area contributed by atoms with Crippen molar-refractivity contribution in [1.82, 2.24) is 9.97 Å². The Morgan fingerprint density at radius 1 is 1.13 bits per heavy atom. The Morgan fingerprint density at radius 3 is 2.61 bits per heavy atom. The van der Waals surface area contributed by atoms with E-state index in [0.29, 0.717) is 0 Å². The average molecular weight is 325 g/mol. The molecule has 1 atom stereocenters. The summed E-state index contributed by atoms with van der Waals surface area (Å²) in [4.78, 5) is 7.88. The zero-order valence-corrected chi connectivity index (χ0v) is 14.5. The molecule has 0 saturated carbocycles. The second kappa shape index (κ2) is 6.21. The van der Waals surface area contributed by atoms with E-state index in [1.54, 1.807) is 0 Å². The largest absolute Gasteiger partial charge is 0.348 e. The third-order valence-electron chi connectivity index (χ3n) is 4.67. The smallest absolute Gasteiger partial charge is 0.116 e. The van der Waals surface area contributed by atoms with Crippen molar-refractivity contribution in [3.8, 4) is 0 Å². The van der Waals surface area contributed by atoms with Crippen molar-refractivity contribution in [2.24, 2.45) is 0 Å². The fraction of sp³-hybridized carbons (Fsp3) is 0.250. The Bertz CT molecular complexity index is 808. The first kappa shape index (κ1) is 15.8. The van der Waals surface area contributed by atoms with Crippen LogP contribution in [-0.4, -0.2) is 9.97 Å². The average Bonchev–Trinajstić information content (AvgIpc) is 3.05. The van der Waals surface area contributed by atoms with Crippen LogP contribution in [0.15, 0.2) is 54.9 Å². The van der Waals surface area contributed by atoms with E-state index in [9.17, 15) is 0 Å². The molecule has 0 saturated heterocycles. The van der Waals surface area contributed by atoms with Crippen LogP contribution in [0.5, 0.6) is 0 Å². The minimum absolute atomic E-state index is 0.232. The van der Waals surface area contributed by atoms with Crippen LogP contribution in [0.1, 0.15) is 35.0 Å². The molecule has 0 spiro atoms. The van der Waals surface area contributed by atoms with Gasteiger partial charge in [-0.25, -0.2) is 4.98 Å². The quantitative estimate of drug-likeness (QED) is 0.699. The molecule has 3 aromatic rings. The van der Waals surface area contributed by atoms with Gasteiger partial charge in [0.1, 0.15) is 5.82 Å². The van der Waals surface area contributed by atoms with Gasteiger partial charge in [0.05, 0.1) is 5.41 Å². The van der Waals surface area contributed by atoms with E-state index in [-0.39, 0.29) is 5.41 Å². The van der Waals surface area contributed by atoms with Crippen LogP contribution >= 0.6 is 11.6 Å². The standard InChI is InChI=1S/C20H21ClN2/c1-14-6-4-9-18(15(14)2)20(3,19-22-10-11-23-19)13-16-7-5-8-17(21)12-16/h4-12H,13H2,1-3H3,(H,22,23)/t20-/m0/s1. The van der Waals surface area contributed by atoms with Crippen LogP contribution in [0.4, 0.5) is 0 Å². The van der Waals surface area contributed by atoms with Crippen molar-refractivity contribution in [2.45, 2.75) is 32.6 Å². The third-order valence-corrected chi connectivity index (χ3v) is 4.90. The van der Waals surface area contributed by atoms with Gasteiger partial charge in [-0.2, -0.15) is 0 Å². The van der Waals surface area contributed by atoms with Gasteiger partial charge in [-0.3, -0.25) is 0 Å². The maximum absolute atomic E-state index is 6.18. The molecule has 0 radical (unpaired) electrons. The van der Waals surface area contributed by atoms with Crippen molar-refractivity contribution in [1.29, 1.82) is 0 Å². The molecule has 0 bridgehead atoms. The van der Waals surface area contributed by atoms with Gasteiger partial charge in [-0.15, -0.1) is 0 Å². The Labute approximate surface area is 142 Å². The summed E-state index contributed by atoms with van der Waals surface area (Å²) in [6, 6.07) is 14.6. The lowest BCUT2D eigenvalue weighted by Gasteiger charge is -2.31. The van der Waals surface area contributed by atoms with Crippen LogP contribution in [-0.2, 0) is 11.8 Å². The maximum Gasteiger partial charge on any atom is 0.116 e. The first-order valence-electron chi connectivity index (χ1n) is 7.82. The lowest BCUT2D eigenvalue weighted by atomic mass is 9.74. The summed E-state index contributed by atoms with van der Waals surface area (Å²) in [6.45, 7) is 6.58. The Hall–Kier alpha value is -2.06. The highest BCUT2D eigenvalue weighted by atomic mass is 35.5. The number of aromatic amines is 1. The summed E-state index contributed by atoms with van der Waals surface area (Å²) in [5, 5.41) is 0.769. The number of benzene rings is 2. The Kier molecular flexibility index (Phi) is 4.27. The van der Waals surface area contributed by atoms with Crippen LogP contribution in [0.3, 0.4) is 0 Å². The monoisotopic (exact) mass is 324 g/mol. The van der Waals surface area contributed by atoms with Gasteiger partial charge in [0.25, 0.3) is 0 Å². The molecular weight excluding hydrogens is 304 g/mol. The number of H-pyrrole nitrogens is 1. The predicted octanol–water partition coefficient (Wildman–Crippen LogP) is 5.23. The second-order valence-electron chi connectivity index (χ2n) is 6.32. The topological polar surface area (TPSA) is 28.7 Å². The maximum atomic E-state index is 6.18. The zero-order valence-electron chi connectivity index (χ0n) is 13.7. The van der Waals surface area contributed by atoms with E-state index in [2.05, 4.69) is 55.0 Å². The highest BCUT2D eigenvalue weighted by Gasteiger charge is 2.33. The first-order chi connectivity index (χ1) is 11.0. The van der Waals surface area contributed by atoms with Crippen LogP contribution in [0, 0.1) is 13.8 Å². The van der Waals surface area contributed by atoms with Gasteiger partial charge in [0, 0.05) is 17.4 Å². The summed E-state index contributed by atoms with van der Waals surface area (Å²) in [7, 11) is 0. The molecule has 3 heteroatoms. The fourth-order valence-electron chi connectivity index (χ4n) is 3.28. The van der Waals surface area contributed by atoms with E-state index >= 15 is 0 Å². The summed E-state index contributed by atoms with van der Waals surface area (Å²) in [5.74, 6) is 0.978. The van der Waals surface area contributed by atoms with Crippen molar-refractivity contribution in [3.05, 3.63) is 88.0 Å². The molecule has 0 aliphatic heterocycles. The molecule has 2 nitrogen and oxygen atoms in total. The lowest BCUT2D eigenvalue weighted by molar-refractivity contribution is 0.531. The normalized spacial score (nSPS) is 13.7.